The number of hydrogen-bond acceptors (Lipinski definition) is 1. The van der Waals surface area contributed by atoms with E-state index in [0.29, 0.717) is 0 Å². The highest BCUT2D eigenvalue weighted by Gasteiger charge is 2.21. The quantitative estimate of drug-likeness (QED) is 0.247. The van der Waals surface area contributed by atoms with Crippen LogP contribution in [0, 0.1) is 17.8 Å². The van der Waals surface area contributed by atoms with Crippen LogP contribution in [0.4, 0.5) is 0 Å². The van der Waals surface area contributed by atoms with Crippen molar-refractivity contribution >= 4 is 0 Å². The highest BCUT2D eigenvalue weighted by atomic mass is 16.5. The summed E-state index contributed by atoms with van der Waals surface area (Å²) in [6, 6.07) is 8.82. The molecule has 1 nitrogen and oxygen atoms in total. The molecule has 30 heavy (non-hydrogen) atoms. The van der Waals surface area contributed by atoms with Crippen molar-refractivity contribution in [1.82, 2.24) is 0 Å². The van der Waals surface area contributed by atoms with Gasteiger partial charge in [0.2, 0.25) is 0 Å². The van der Waals surface area contributed by atoms with Gasteiger partial charge in [-0.2, -0.15) is 0 Å². The van der Waals surface area contributed by atoms with Crippen molar-refractivity contribution in [3.63, 3.8) is 0 Å². The fraction of sp³-hybridized carbons (Fsp3) is 0.724. The lowest BCUT2D eigenvalue weighted by molar-refractivity contribution is 0.241. The van der Waals surface area contributed by atoms with E-state index in [4.69, 9.17) is 4.74 Å². The molecule has 1 atom stereocenters. The third-order valence-corrected chi connectivity index (χ3v) is 7.82. The predicted molar refractivity (Wildman–Crippen MR) is 130 cm³/mol. The molecule has 1 aromatic rings. The number of benzene rings is 1. The first-order chi connectivity index (χ1) is 14.8. The number of rotatable bonds is 12. The smallest absolute Gasteiger partial charge is 0.119 e. The van der Waals surface area contributed by atoms with Crippen molar-refractivity contribution in [3.8, 4) is 5.75 Å². The molecular weight excluding hydrogens is 364 g/mol. The van der Waals surface area contributed by atoms with Crippen molar-refractivity contribution in [2.75, 3.05) is 6.61 Å². The summed E-state index contributed by atoms with van der Waals surface area (Å²) < 4.78 is 5.84. The van der Waals surface area contributed by atoms with E-state index in [0.717, 1.165) is 36.5 Å². The minimum Gasteiger partial charge on any atom is -0.494 e. The Morgan fingerprint density at radius 1 is 0.800 bits per heavy atom. The van der Waals surface area contributed by atoms with Crippen LogP contribution >= 0.6 is 0 Å². The molecule has 0 N–H and O–H groups in total. The van der Waals surface area contributed by atoms with Gasteiger partial charge >= 0.3 is 0 Å². The minimum atomic E-state index is 0.848. The summed E-state index contributed by atoms with van der Waals surface area (Å²) in [4.78, 5) is 0. The monoisotopic (exact) mass is 410 g/mol. The van der Waals surface area contributed by atoms with E-state index in [2.05, 4.69) is 44.2 Å². The van der Waals surface area contributed by atoms with Crippen LogP contribution < -0.4 is 4.74 Å². The molecule has 1 heteroatoms. The maximum atomic E-state index is 5.84. The van der Waals surface area contributed by atoms with Gasteiger partial charge in [0, 0.05) is 0 Å². The Balaban J connectivity index is 1.30. The first kappa shape index (κ1) is 23.4. The molecular formula is C29H46O. The zero-order chi connectivity index (χ0) is 21.0. The van der Waals surface area contributed by atoms with Gasteiger partial charge in [-0.3, -0.25) is 0 Å². The highest BCUT2D eigenvalue weighted by molar-refractivity contribution is 5.28. The molecule has 1 fully saturated rings. The van der Waals surface area contributed by atoms with Crippen molar-refractivity contribution in [2.24, 2.45) is 17.8 Å². The predicted octanol–water partition coefficient (Wildman–Crippen LogP) is 8.91. The Hall–Kier alpha value is -1.24. The normalized spacial score (nSPS) is 24.5. The molecule has 0 amide bonds. The van der Waals surface area contributed by atoms with Gasteiger partial charge in [-0.05, 0) is 80.4 Å². The van der Waals surface area contributed by atoms with Gasteiger partial charge in [-0.25, -0.2) is 0 Å². The minimum absolute atomic E-state index is 0.848. The van der Waals surface area contributed by atoms with E-state index in [1.54, 1.807) is 5.57 Å². The molecule has 1 saturated carbocycles. The summed E-state index contributed by atoms with van der Waals surface area (Å²) in [5, 5.41) is 0. The summed E-state index contributed by atoms with van der Waals surface area (Å²) in [5.41, 5.74) is 3.15. The van der Waals surface area contributed by atoms with Crippen molar-refractivity contribution in [2.45, 2.75) is 110 Å². The third-order valence-electron chi connectivity index (χ3n) is 7.82. The average Bonchev–Trinajstić information content (AvgIpc) is 2.81. The summed E-state index contributed by atoms with van der Waals surface area (Å²) in [7, 11) is 0. The Labute approximate surface area is 186 Å². The van der Waals surface area contributed by atoms with E-state index in [1.807, 2.05) is 0 Å². The Bertz CT molecular complexity index is 606. The van der Waals surface area contributed by atoms with Crippen LogP contribution in [0.25, 0.3) is 0 Å². The molecule has 0 aromatic heterocycles. The van der Waals surface area contributed by atoms with Gasteiger partial charge in [-0.1, -0.05) is 89.0 Å². The molecule has 0 heterocycles. The molecule has 0 radical (unpaired) electrons. The third kappa shape index (κ3) is 8.12. The molecule has 2 aliphatic carbocycles. The zero-order valence-corrected chi connectivity index (χ0v) is 19.8. The van der Waals surface area contributed by atoms with Gasteiger partial charge in [0.1, 0.15) is 5.75 Å². The van der Waals surface area contributed by atoms with Crippen LogP contribution in [0.3, 0.4) is 0 Å². The highest BCUT2D eigenvalue weighted by Crippen LogP contribution is 2.36. The molecule has 2 aliphatic rings. The molecule has 0 spiro atoms. The van der Waals surface area contributed by atoms with Crippen LogP contribution in [0.2, 0.25) is 0 Å². The number of ether oxygens (including phenoxy) is 1. The second-order valence-electron chi connectivity index (χ2n) is 10.1. The zero-order valence-electron chi connectivity index (χ0n) is 19.8. The number of allylic oxidation sites excluding steroid dienone is 2. The lowest BCUT2D eigenvalue weighted by Crippen LogP contribution is -2.15. The summed E-state index contributed by atoms with van der Waals surface area (Å²) in [5.74, 6) is 4.06. The molecule has 3 rings (SSSR count). The van der Waals surface area contributed by atoms with Crippen LogP contribution in [0.1, 0.15) is 109 Å². The largest absolute Gasteiger partial charge is 0.494 e. The van der Waals surface area contributed by atoms with Gasteiger partial charge in [0.25, 0.3) is 0 Å². The topological polar surface area (TPSA) is 9.23 Å². The van der Waals surface area contributed by atoms with Gasteiger partial charge in [0.15, 0.2) is 0 Å². The first-order valence-corrected chi connectivity index (χ1v) is 13.2. The molecule has 0 bridgehead atoms. The van der Waals surface area contributed by atoms with Crippen molar-refractivity contribution < 1.29 is 4.74 Å². The van der Waals surface area contributed by atoms with Crippen LogP contribution in [-0.2, 0) is 6.42 Å². The maximum Gasteiger partial charge on any atom is 0.119 e. The van der Waals surface area contributed by atoms with Gasteiger partial charge < -0.3 is 4.74 Å². The molecule has 1 unspecified atom stereocenters. The second-order valence-corrected chi connectivity index (χ2v) is 10.1. The average molecular weight is 411 g/mol. The summed E-state index contributed by atoms with van der Waals surface area (Å²) in [6.45, 7) is 5.45. The number of aryl methyl sites for hydroxylation is 1. The lowest BCUT2D eigenvalue weighted by atomic mass is 9.76. The van der Waals surface area contributed by atoms with E-state index < -0.39 is 0 Å². The Morgan fingerprint density at radius 2 is 1.53 bits per heavy atom. The van der Waals surface area contributed by atoms with E-state index >= 15 is 0 Å². The lowest BCUT2D eigenvalue weighted by Gasteiger charge is -2.29. The molecule has 0 saturated heterocycles. The summed E-state index contributed by atoms with van der Waals surface area (Å²) >= 11 is 0. The standard InChI is InChI=1S/C29H46O/c1-3-5-6-23-30-29-21-19-28(20-22-29)18-17-27-15-13-26(14-16-27)12-11-25-9-7-24(4-2)8-10-25/h15,19-22,24-26H,3-14,16-18,23H2,1-2H3. The van der Waals surface area contributed by atoms with Crippen molar-refractivity contribution in [3.05, 3.63) is 41.5 Å². The van der Waals surface area contributed by atoms with Crippen LogP contribution in [0.5, 0.6) is 5.75 Å². The number of unbranched alkanes of at least 4 members (excludes halogenated alkanes) is 2. The second kappa shape index (κ2) is 13.2. The van der Waals surface area contributed by atoms with Gasteiger partial charge in [-0.15, -0.1) is 0 Å². The van der Waals surface area contributed by atoms with E-state index in [-0.39, 0.29) is 0 Å². The fourth-order valence-electron chi connectivity index (χ4n) is 5.43. The number of hydrogen-bond donors (Lipinski definition) is 0. The van der Waals surface area contributed by atoms with E-state index in [1.165, 1.54) is 95.5 Å². The van der Waals surface area contributed by atoms with Crippen molar-refractivity contribution in [1.29, 1.82) is 0 Å². The van der Waals surface area contributed by atoms with Crippen LogP contribution in [0.15, 0.2) is 35.9 Å². The SMILES string of the molecule is CCCCCOc1ccc(CCC2=CCC(CCC3CCC(CC)CC3)CC2)cc1. The fourth-order valence-corrected chi connectivity index (χ4v) is 5.43. The molecule has 1 aromatic carbocycles. The van der Waals surface area contributed by atoms with Crippen LogP contribution in [-0.4, -0.2) is 6.61 Å². The first-order valence-electron chi connectivity index (χ1n) is 13.2. The molecule has 168 valence electrons. The molecule has 0 aliphatic heterocycles. The summed E-state index contributed by atoms with van der Waals surface area (Å²) in [6.07, 6.45) is 23.2. The maximum absolute atomic E-state index is 5.84. The Kier molecular flexibility index (Phi) is 10.3. The van der Waals surface area contributed by atoms with E-state index in [9.17, 15) is 0 Å². The Morgan fingerprint density at radius 3 is 2.20 bits per heavy atom. The van der Waals surface area contributed by atoms with Gasteiger partial charge in [0.05, 0.1) is 6.61 Å².